The number of amides is 2. The van der Waals surface area contributed by atoms with Gasteiger partial charge in [0, 0.05) is 32.1 Å². The molecule has 2 aliphatic heterocycles. The molecule has 2 N–H and O–H groups in total. The molecule has 0 bridgehead atoms. The molecule has 24 heavy (non-hydrogen) atoms. The first-order chi connectivity index (χ1) is 11.5. The van der Waals surface area contributed by atoms with Gasteiger partial charge in [0.1, 0.15) is 11.9 Å². The summed E-state index contributed by atoms with van der Waals surface area (Å²) in [6.45, 7) is 2.07. The van der Waals surface area contributed by atoms with Gasteiger partial charge in [-0.2, -0.15) is 0 Å². The topological polar surface area (TPSA) is 61.4 Å². The van der Waals surface area contributed by atoms with Gasteiger partial charge >= 0.3 is 0 Å². The smallest absolute Gasteiger partial charge is 0.242 e. The summed E-state index contributed by atoms with van der Waals surface area (Å²) in [6, 6.07) is 4.44. The average molecular weight is 354 g/mol. The van der Waals surface area contributed by atoms with E-state index in [1.807, 2.05) is 6.07 Å². The molecule has 2 heterocycles. The third kappa shape index (κ3) is 4.05. The van der Waals surface area contributed by atoms with E-state index in [2.05, 4.69) is 15.5 Å². The number of carbonyl (C=O) groups is 2. The Balaban J connectivity index is 1.51. The lowest BCUT2D eigenvalue weighted by molar-refractivity contribution is -0.131. The zero-order chi connectivity index (χ0) is 17.1. The highest BCUT2D eigenvalue weighted by molar-refractivity contribution is 6.31. The fourth-order valence-corrected chi connectivity index (χ4v) is 3.50. The number of hydrogen-bond donors (Lipinski definition) is 2. The first kappa shape index (κ1) is 17.2. The number of piperidine rings is 1. The molecule has 0 aromatic heterocycles. The molecule has 3 rings (SSSR count). The maximum atomic E-state index is 13.5. The summed E-state index contributed by atoms with van der Waals surface area (Å²) in [6.07, 6.45) is 2.76. The Morgan fingerprint density at radius 2 is 2.25 bits per heavy atom. The summed E-state index contributed by atoms with van der Waals surface area (Å²) >= 11 is 6.00. The molecular weight excluding hydrogens is 333 g/mol. The summed E-state index contributed by atoms with van der Waals surface area (Å²) in [4.78, 5) is 25.8. The van der Waals surface area contributed by atoms with E-state index < -0.39 is 11.9 Å². The second-order valence-corrected chi connectivity index (χ2v) is 6.83. The molecule has 2 atom stereocenters. The molecule has 1 aromatic carbocycles. The lowest BCUT2D eigenvalue weighted by Gasteiger charge is -2.24. The Labute approximate surface area is 145 Å². The number of halogens is 2. The molecule has 7 heteroatoms. The molecule has 130 valence electrons. The fourth-order valence-electron chi connectivity index (χ4n) is 3.31. The molecule has 0 radical (unpaired) electrons. The molecule has 0 aliphatic carbocycles. The molecule has 2 saturated heterocycles. The third-order valence-corrected chi connectivity index (χ3v) is 5.02. The van der Waals surface area contributed by atoms with Crippen LogP contribution in [0.1, 0.15) is 31.2 Å². The first-order valence-corrected chi connectivity index (χ1v) is 8.65. The van der Waals surface area contributed by atoms with E-state index in [4.69, 9.17) is 11.6 Å². The maximum Gasteiger partial charge on any atom is 0.242 e. The van der Waals surface area contributed by atoms with Gasteiger partial charge in [-0.3, -0.25) is 14.5 Å². The van der Waals surface area contributed by atoms with Crippen LogP contribution >= 0.6 is 11.6 Å². The fraction of sp³-hybridized carbons (Fsp3) is 0.529. The van der Waals surface area contributed by atoms with Gasteiger partial charge in [0.05, 0.1) is 5.02 Å². The summed E-state index contributed by atoms with van der Waals surface area (Å²) in [7, 11) is 0. The standard InChI is InChI=1S/C17H21ClFN3O2/c18-16-11(3-1-4-13(16)19)9-22-8-7-12(10-22)20-17(24)14-5-2-6-15(23)21-14/h1,3-4,12,14H,2,5-10H2,(H,20,24)(H,21,23)/t12-,14+/m0/s1. The van der Waals surface area contributed by atoms with E-state index >= 15 is 0 Å². The Kier molecular flexibility index (Phi) is 5.36. The molecule has 1 aromatic rings. The highest BCUT2D eigenvalue weighted by Gasteiger charge is 2.29. The van der Waals surface area contributed by atoms with E-state index in [1.165, 1.54) is 6.07 Å². The Bertz CT molecular complexity index is 640. The highest BCUT2D eigenvalue weighted by Crippen LogP contribution is 2.23. The van der Waals surface area contributed by atoms with Crippen molar-refractivity contribution in [1.82, 2.24) is 15.5 Å². The third-order valence-electron chi connectivity index (χ3n) is 4.59. The Hall–Kier alpha value is -1.66. The van der Waals surface area contributed by atoms with E-state index in [0.717, 1.165) is 24.9 Å². The molecule has 0 unspecified atom stereocenters. The molecule has 0 saturated carbocycles. The number of hydrogen-bond acceptors (Lipinski definition) is 3. The molecule has 0 spiro atoms. The molecule has 2 fully saturated rings. The van der Waals surface area contributed by atoms with Crippen LogP contribution in [-0.4, -0.2) is 41.9 Å². The van der Waals surface area contributed by atoms with Crippen molar-refractivity contribution in [3.63, 3.8) is 0 Å². The quantitative estimate of drug-likeness (QED) is 0.868. The Morgan fingerprint density at radius 1 is 1.42 bits per heavy atom. The summed E-state index contributed by atoms with van der Waals surface area (Å²) in [5, 5.41) is 5.90. The number of benzene rings is 1. The van der Waals surface area contributed by atoms with Crippen molar-refractivity contribution in [1.29, 1.82) is 0 Å². The van der Waals surface area contributed by atoms with E-state index in [1.54, 1.807) is 6.07 Å². The predicted octanol–water partition coefficient (Wildman–Crippen LogP) is 1.84. The second kappa shape index (κ2) is 7.49. The van der Waals surface area contributed by atoms with Crippen LogP contribution in [0.15, 0.2) is 18.2 Å². The number of rotatable bonds is 4. The SMILES string of the molecule is O=C1CCC[C@H](C(=O)N[C@H]2CCN(Cc3cccc(F)c3Cl)C2)N1. The second-order valence-electron chi connectivity index (χ2n) is 6.45. The molecule has 2 amide bonds. The summed E-state index contributed by atoms with van der Waals surface area (Å²) in [5.41, 5.74) is 0.753. The summed E-state index contributed by atoms with van der Waals surface area (Å²) in [5.74, 6) is -0.583. The van der Waals surface area contributed by atoms with Gasteiger partial charge in [-0.05, 0) is 30.9 Å². The van der Waals surface area contributed by atoms with Crippen LogP contribution in [0.4, 0.5) is 4.39 Å². The highest BCUT2D eigenvalue weighted by atomic mass is 35.5. The van der Waals surface area contributed by atoms with Gasteiger partial charge in [-0.15, -0.1) is 0 Å². The number of carbonyl (C=O) groups excluding carboxylic acids is 2. The van der Waals surface area contributed by atoms with Crippen LogP contribution in [0.5, 0.6) is 0 Å². The van der Waals surface area contributed by atoms with Crippen LogP contribution in [-0.2, 0) is 16.1 Å². The van der Waals surface area contributed by atoms with E-state index in [0.29, 0.717) is 25.9 Å². The maximum absolute atomic E-state index is 13.5. The lowest BCUT2D eigenvalue weighted by Crippen LogP contribution is -2.51. The van der Waals surface area contributed by atoms with Gasteiger partial charge in [-0.1, -0.05) is 23.7 Å². The Morgan fingerprint density at radius 3 is 3.04 bits per heavy atom. The average Bonchev–Trinajstić information content (AvgIpc) is 2.99. The van der Waals surface area contributed by atoms with Crippen molar-refractivity contribution in [2.24, 2.45) is 0 Å². The van der Waals surface area contributed by atoms with Crippen LogP contribution in [0.25, 0.3) is 0 Å². The zero-order valence-corrected chi connectivity index (χ0v) is 14.1. The van der Waals surface area contributed by atoms with Crippen molar-refractivity contribution >= 4 is 23.4 Å². The predicted molar refractivity (Wildman–Crippen MR) is 89.0 cm³/mol. The largest absolute Gasteiger partial charge is 0.350 e. The number of nitrogens with one attached hydrogen (secondary N) is 2. The molecule has 2 aliphatic rings. The minimum absolute atomic E-state index is 0.0451. The van der Waals surface area contributed by atoms with Crippen LogP contribution < -0.4 is 10.6 Å². The van der Waals surface area contributed by atoms with Crippen LogP contribution in [0.2, 0.25) is 5.02 Å². The van der Waals surface area contributed by atoms with Gasteiger partial charge in [0.2, 0.25) is 11.8 Å². The van der Waals surface area contributed by atoms with Crippen molar-refractivity contribution in [2.75, 3.05) is 13.1 Å². The lowest BCUT2D eigenvalue weighted by atomic mass is 10.0. The van der Waals surface area contributed by atoms with Crippen LogP contribution in [0, 0.1) is 5.82 Å². The number of nitrogens with zero attached hydrogens (tertiary/aromatic N) is 1. The van der Waals surface area contributed by atoms with E-state index in [-0.39, 0.29) is 22.9 Å². The van der Waals surface area contributed by atoms with Gasteiger partial charge in [0.25, 0.3) is 0 Å². The van der Waals surface area contributed by atoms with Crippen LogP contribution in [0.3, 0.4) is 0 Å². The minimum Gasteiger partial charge on any atom is -0.350 e. The van der Waals surface area contributed by atoms with Crippen molar-refractivity contribution in [3.8, 4) is 0 Å². The van der Waals surface area contributed by atoms with Crippen molar-refractivity contribution in [2.45, 2.75) is 44.3 Å². The molecular formula is C17H21ClFN3O2. The zero-order valence-electron chi connectivity index (χ0n) is 13.4. The number of likely N-dealkylation sites (tertiary alicyclic amines) is 1. The van der Waals surface area contributed by atoms with E-state index in [9.17, 15) is 14.0 Å². The van der Waals surface area contributed by atoms with Gasteiger partial charge in [0.15, 0.2) is 0 Å². The minimum atomic E-state index is -0.419. The van der Waals surface area contributed by atoms with Crippen molar-refractivity contribution < 1.29 is 14.0 Å². The monoisotopic (exact) mass is 353 g/mol. The van der Waals surface area contributed by atoms with Gasteiger partial charge < -0.3 is 10.6 Å². The van der Waals surface area contributed by atoms with Crippen molar-refractivity contribution in [3.05, 3.63) is 34.6 Å². The first-order valence-electron chi connectivity index (χ1n) is 8.28. The normalized spacial score (nSPS) is 24.7. The summed E-state index contributed by atoms with van der Waals surface area (Å²) < 4.78 is 13.5. The van der Waals surface area contributed by atoms with Gasteiger partial charge in [-0.25, -0.2) is 4.39 Å². The molecule has 5 nitrogen and oxygen atoms in total.